The zero-order valence-electron chi connectivity index (χ0n) is 25.0. The SMILES string of the molecule is CCOC(=O)CCCOc1ccccc1-c1cc2ccc(C(=O)NC(c3ccc(OC)cc3)c3ccc(OC)cc3)cc2o1. The summed E-state index contributed by atoms with van der Waals surface area (Å²) in [5.41, 5.74) is 3.64. The van der Waals surface area contributed by atoms with Crippen LogP contribution in [0.25, 0.3) is 22.3 Å². The number of carbonyl (C=O) groups is 2. The Bertz CT molecular complexity index is 1660. The maximum atomic E-state index is 13.6. The van der Waals surface area contributed by atoms with Crippen molar-refractivity contribution in [1.29, 1.82) is 0 Å². The molecule has 5 rings (SSSR count). The van der Waals surface area contributed by atoms with Crippen molar-refractivity contribution in [2.24, 2.45) is 0 Å². The number of carbonyl (C=O) groups excluding carboxylic acids is 2. The van der Waals surface area contributed by atoms with Crippen molar-refractivity contribution in [3.63, 3.8) is 0 Å². The third kappa shape index (κ3) is 7.21. The van der Waals surface area contributed by atoms with Gasteiger partial charge in [-0.15, -0.1) is 0 Å². The highest BCUT2D eigenvalue weighted by Crippen LogP contribution is 2.35. The normalized spacial score (nSPS) is 10.9. The van der Waals surface area contributed by atoms with E-state index in [-0.39, 0.29) is 11.9 Å². The van der Waals surface area contributed by atoms with Gasteiger partial charge in [0, 0.05) is 17.4 Å². The van der Waals surface area contributed by atoms with Crippen molar-refractivity contribution in [2.75, 3.05) is 27.4 Å². The van der Waals surface area contributed by atoms with E-state index in [4.69, 9.17) is 23.4 Å². The van der Waals surface area contributed by atoms with E-state index in [2.05, 4.69) is 5.32 Å². The van der Waals surface area contributed by atoms with Crippen molar-refractivity contribution in [3.05, 3.63) is 114 Å². The molecule has 0 aliphatic heterocycles. The monoisotopic (exact) mass is 593 g/mol. The lowest BCUT2D eigenvalue weighted by molar-refractivity contribution is -0.143. The molecule has 1 N–H and O–H groups in total. The summed E-state index contributed by atoms with van der Waals surface area (Å²) in [6, 6.07) is 29.7. The van der Waals surface area contributed by atoms with Gasteiger partial charge in [0.05, 0.1) is 39.0 Å². The maximum Gasteiger partial charge on any atom is 0.305 e. The van der Waals surface area contributed by atoms with Crippen molar-refractivity contribution >= 4 is 22.8 Å². The molecule has 226 valence electrons. The summed E-state index contributed by atoms with van der Waals surface area (Å²) in [4.78, 5) is 25.2. The van der Waals surface area contributed by atoms with Crippen LogP contribution in [0.3, 0.4) is 0 Å². The van der Waals surface area contributed by atoms with Gasteiger partial charge in [-0.2, -0.15) is 0 Å². The molecule has 1 aromatic heterocycles. The molecule has 1 heterocycles. The molecule has 0 bridgehead atoms. The van der Waals surface area contributed by atoms with Crippen LogP contribution in [0.1, 0.15) is 47.3 Å². The first kappa shape index (κ1) is 30.2. The van der Waals surface area contributed by atoms with E-state index >= 15 is 0 Å². The Kier molecular flexibility index (Phi) is 9.81. The second-order valence-corrected chi connectivity index (χ2v) is 10.1. The Morgan fingerprint density at radius 1 is 0.818 bits per heavy atom. The number of hydrogen-bond donors (Lipinski definition) is 1. The quantitative estimate of drug-likeness (QED) is 0.113. The average Bonchev–Trinajstić information content (AvgIpc) is 3.49. The summed E-state index contributed by atoms with van der Waals surface area (Å²) >= 11 is 0. The van der Waals surface area contributed by atoms with Gasteiger partial charge < -0.3 is 28.7 Å². The minimum Gasteiger partial charge on any atom is -0.497 e. The number of methoxy groups -OCH3 is 2. The number of fused-ring (bicyclic) bond motifs is 1. The second kappa shape index (κ2) is 14.3. The van der Waals surface area contributed by atoms with E-state index in [0.29, 0.717) is 48.7 Å². The highest BCUT2D eigenvalue weighted by atomic mass is 16.5. The van der Waals surface area contributed by atoms with E-state index in [9.17, 15) is 9.59 Å². The molecule has 4 aromatic carbocycles. The lowest BCUT2D eigenvalue weighted by atomic mass is 9.98. The standard InChI is InChI=1S/C36H35NO7/c1-4-42-34(38)10-7-21-43-31-9-6-5-8-30(31)33-22-26-11-12-27(23-32(26)44-33)36(39)37-35(24-13-17-28(40-2)18-14-24)25-15-19-29(41-3)20-16-25/h5-6,8-9,11-20,22-23,35H,4,7,10,21H2,1-3H3,(H,37,39). The fourth-order valence-electron chi connectivity index (χ4n) is 4.90. The highest BCUT2D eigenvalue weighted by Gasteiger charge is 2.20. The fourth-order valence-corrected chi connectivity index (χ4v) is 4.90. The molecule has 0 radical (unpaired) electrons. The largest absolute Gasteiger partial charge is 0.497 e. The van der Waals surface area contributed by atoms with Crippen LogP contribution >= 0.6 is 0 Å². The van der Waals surface area contributed by atoms with Gasteiger partial charge in [-0.3, -0.25) is 9.59 Å². The van der Waals surface area contributed by atoms with Gasteiger partial charge in [0.2, 0.25) is 0 Å². The van der Waals surface area contributed by atoms with Crippen LogP contribution in [0.4, 0.5) is 0 Å². The molecule has 0 saturated carbocycles. The van der Waals surface area contributed by atoms with Crippen LogP contribution in [0.2, 0.25) is 0 Å². The summed E-state index contributed by atoms with van der Waals surface area (Å²) < 4.78 is 27.8. The molecular weight excluding hydrogens is 558 g/mol. The Labute approximate surface area is 256 Å². The maximum absolute atomic E-state index is 13.6. The highest BCUT2D eigenvalue weighted by molar-refractivity contribution is 5.98. The number of hydrogen-bond acceptors (Lipinski definition) is 7. The molecule has 0 atom stereocenters. The fraction of sp³-hybridized carbons (Fsp3) is 0.222. The summed E-state index contributed by atoms with van der Waals surface area (Å²) in [5.74, 6) is 2.25. The molecule has 1 amide bonds. The van der Waals surface area contributed by atoms with E-state index in [1.165, 1.54) is 0 Å². The average molecular weight is 594 g/mol. The summed E-state index contributed by atoms with van der Waals surface area (Å²) in [5, 5.41) is 4.04. The lowest BCUT2D eigenvalue weighted by Crippen LogP contribution is -2.29. The summed E-state index contributed by atoms with van der Waals surface area (Å²) in [6.07, 6.45) is 0.836. The molecule has 0 fully saturated rings. The van der Waals surface area contributed by atoms with Gasteiger partial charge in [0.25, 0.3) is 5.91 Å². The van der Waals surface area contributed by atoms with Crippen molar-refractivity contribution in [3.8, 4) is 28.6 Å². The molecule has 5 aromatic rings. The topological polar surface area (TPSA) is 96.2 Å². The van der Waals surface area contributed by atoms with Crippen LogP contribution in [-0.2, 0) is 9.53 Å². The van der Waals surface area contributed by atoms with Gasteiger partial charge >= 0.3 is 5.97 Å². The summed E-state index contributed by atoms with van der Waals surface area (Å²) in [7, 11) is 3.24. The third-order valence-corrected chi connectivity index (χ3v) is 7.20. The zero-order chi connectivity index (χ0) is 30.9. The number of furan rings is 1. The predicted molar refractivity (Wildman–Crippen MR) is 168 cm³/mol. The first-order valence-corrected chi connectivity index (χ1v) is 14.5. The smallest absolute Gasteiger partial charge is 0.305 e. The minimum absolute atomic E-state index is 0.235. The van der Waals surface area contributed by atoms with Crippen LogP contribution in [0.5, 0.6) is 17.2 Å². The van der Waals surface area contributed by atoms with Crippen LogP contribution in [0.15, 0.2) is 101 Å². The molecule has 0 saturated heterocycles. The number of ether oxygens (including phenoxy) is 4. The molecule has 44 heavy (non-hydrogen) atoms. The molecule has 0 aliphatic rings. The Balaban J connectivity index is 1.35. The van der Waals surface area contributed by atoms with Gasteiger partial charge in [-0.25, -0.2) is 0 Å². The number of para-hydroxylation sites is 1. The van der Waals surface area contributed by atoms with E-state index < -0.39 is 6.04 Å². The number of rotatable bonds is 13. The predicted octanol–water partition coefficient (Wildman–Crippen LogP) is 7.36. The second-order valence-electron chi connectivity index (χ2n) is 10.1. The zero-order valence-corrected chi connectivity index (χ0v) is 25.0. The number of amides is 1. The van der Waals surface area contributed by atoms with Gasteiger partial charge in [0.1, 0.15) is 28.6 Å². The van der Waals surface area contributed by atoms with Crippen LogP contribution in [0, 0.1) is 0 Å². The lowest BCUT2D eigenvalue weighted by Gasteiger charge is -2.20. The van der Waals surface area contributed by atoms with Gasteiger partial charge in [-0.1, -0.05) is 42.5 Å². The molecule has 0 spiro atoms. The molecule has 0 aliphatic carbocycles. The first-order chi connectivity index (χ1) is 21.5. The molecule has 0 unspecified atom stereocenters. The molecule has 8 heteroatoms. The molecular formula is C36H35NO7. The third-order valence-electron chi connectivity index (χ3n) is 7.20. The van der Waals surface area contributed by atoms with E-state index in [1.807, 2.05) is 84.9 Å². The van der Waals surface area contributed by atoms with Crippen LogP contribution < -0.4 is 19.5 Å². The van der Waals surface area contributed by atoms with Crippen molar-refractivity contribution in [2.45, 2.75) is 25.8 Å². The molecule has 8 nitrogen and oxygen atoms in total. The number of esters is 1. The number of nitrogens with one attached hydrogen (secondary N) is 1. The van der Waals surface area contributed by atoms with Gasteiger partial charge in [0.15, 0.2) is 0 Å². The van der Waals surface area contributed by atoms with Crippen molar-refractivity contribution < 1.29 is 33.0 Å². The summed E-state index contributed by atoms with van der Waals surface area (Å²) in [6.45, 7) is 2.52. The Morgan fingerprint density at radius 2 is 1.48 bits per heavy atom. The van der Waals surface area contributed by atoms with Crippen LogP contribution in [-0.4, -0.2) is 39.3 Å². The first-order valence-electron chi connectivity index (χ1n) is 14.5. The number of benzene rings is 4. The van der Waals surface area contributed by atoms with Gasteiger partial charge in [-0.05, 0) is 79.1 Å². The van der Waals surface area contributed by atoms with E-state index in [1.54, 1.807) is 33.3 Å². The Morgan fingerprint density at radius 3 is 2.11 bits per heavy atom. The minimum atomic E-state index is -0.407. The van der Waals surface area contributed by atoms with E-state index in [0.717, 1.165) is 33.6 Å². The van der Waals surface area contributed by atoms with Crippen molar-refractivity contribution in [1.82, 2.24) is 5.32 Å². The Hall–Kier alpha value is -5.24.